The highest BCUT2D eigenvalue weighted by Crippen LogP contribution is 2.15. The first-order valence-electron chi connectivity index (χ1n) is 10.3. The van der Waals surface area contributed by atoms with Crippen LogP contribution in [0.4, 0.5) is 11.4 Å². The number of carbonyl (C=O) groups is 3. The molecule has 3 rings (SSSR count). The molecule has 4 N–H and O–H groups in total. The molecule has 0 heterocycles. The third kappa shape index (κ3) is 6.18. The Labute approximate surface area is 187 Å². The lowest BCUT2D eigenvalue weighted by Crippen LogP contribution is -2.26. The molecule has 0 aliphatic rings. The highest BCUT2D eigenvalue weighted by Gasteiger charge is 2.12. The molecule has 0 spiro atoms. The quantitative estimate of drug-likeness (QED) is 0.439. The standard InChI is InChI=1S/C25H26N4O3/c1-17(18-7-4-3-5-8-18)28-25(32)19-11-13-21(14-12-19)29-23(30)16-27-22-10-6-9-20(15-22)24(31)26-2/h3-15,17,27H,16H2,1-2H3,(H,26,31)(H,28,32)(H,29,30). The van der Waals surface area contributed by atoms with Crippen molar-refractivity contribution in [1.82, 2.24) is 10.6 Å². The molecule has 7 nitrogen and oxygen atoms in total. The van der Waals surface area contributed by atoms with E-state index in [0.29, 0.717) is 22.5 Å². The van der Waals surface area contributed by atoms with Gasteiger partial charge in [0.2, 0.25) is 5.91 Å². The van der Waals surface area contributed by atoms with Crippen LogP contribution in [0.5, 0.6) is 0 Å². The third-order valence-corrected chi connectivity index (χ3v) is 4.88. The van der Waals surface area contributed by atoms with Crippen LogP contribution in [0.2, 0.25) is 0 Å². The predicted molar refractivity (Wildman–Crippen MR) is 126 cm³/mol. The molecule has 7 heteroatoms. The van der Waals surface area contributed by atoms with Gasteiger partial charge in [-0.05, 0) is 55.0 Å². The van der Waals surface area contributed by atoms with Gasteiger partial charge in [0.15, 0.2) is 0 Å². The highest BCUT2D eigenvalue weighted by atomic mass is 16.2. The second kappa shape index (κ2) is 10.8. The van der Waals surface area contributed by atoms with E-state index in [-0.39, 0.29) is 30.3 Å². The first-order chi connectivity index (χ1) is 15.5. The van der Waals surface area contributed by atoms with Gasteiger partial charge in [0.05, 0.1) is 12.6 Å². The Morgan fingerprint density at radius 1 is 0.781 bits per heavy atom. The van der Waals surface area contributed by atoms with Crippen molar-refractivity contribution >= 4 is 29.1 Å². The van der Waals surface area contributed by atoms with Gasteiger partial charge in [-0.15, -0.1) is 0 Å². The summed E-state index contributed by atoms with van der Waals surface area (Å²) in [5.74, 6) is -0.623. The topological polar surface area (TPSA) is 99.3 Å². The Kier molecular flexibility index (Phi) is 7.59. The van der Waals surface area contributed by atoms with Crippen molar-refractivity contribution in [3.63, 3.8) is 0 Å². The van der Waals surface area contributed by atoms with E-state index in [0.717, 1.165) is 5.56 Å². The van der Waals surface area contributed by atoms with E-state index in [9.17, 15) is 14.4 Å². The van der Waals surface area contributed by atoms with Crippen LogP contribution in [-0.4, -0.2) is 31.3 Å². The van der Waals surface area contributed by atoms with Crippen LogP contribution in [0.3, 0.4) is 0 Å². The number of hydrogen-bond acceptors (Lipinski definition) is 4. The van der Waals surface area contributed by atoms with Gasteiger partial charge in [-0.2, -0.15) is 0 Å². The molecule has 1 unspecified atom stereocenters. The molecule has 0 aromatic heterocycles. The number of rotatable bonds is 8. The summed E-state index contributed by atoms with van der Waals surface area (Å²) >= 11 is 0. The third-order valence-electron chi connectivity index (χ3n) is 4.88. The summed E-state index contributed by atoms with van der Waals surface area (Å²) in [5.41, 5.74) is 3.30. The number of anilines is 2. The van der Waals surface area contributed by atoms with Gasteiger partial charge < -0.3 is 21.3 Å². The molecule has 1 atom stereocenters. The normalized spacial score (nSPS) is 11.2. The van der Waals surface area contributed by atoms with Crippen LogP contribution in [0, 0.1) is 0 Å². The van der Waals surface area contributed by atoms with Crippen LogP contribution in [-0.2, 0) is 4.79 Å². The molecule has 0 bridgehead atoms. The van der Waals surface area contributed by atoms with E-state index in [1.807, 2.05) is 37.3 Å². The second-order valence-corrected chi connectivity index (χ2v) is 7.24. The Morgan fingerprint density at radius 2 is 1.50 bits per heavy atom. The van der Waals surface area contributed by atoms with Gasteiger partial charge in [-0.25, -0.2) is 0 Å². The van der Waals surface area contributed by atoms with E-state index in [4.69, 9.17) is 0 Å². The summed E-state index contributed by atoms with van der Waals surface area (Å²) in [6.45, 7) is 1.97. The molecule has 32 heavy (non-hydrogen) atoms. The summed E-state index contributed by atoms with van der Waals surface area (Å²) in [4.78, 5) is 36.4. The Bertz CT molecular complexity index is 1080. The maximum Gasteiger partial charge on any atom is 0.251 e. The summed E-state index contributed by atoms with van der Waals surface area (Å²) < 4.78 is 0. The van der Waals surface area contributed by atoms with Gasteiger partial charge in [-0.1, -0.05) is 36.4 Å². The summed E-state index contributed by atoms with van der Waals surface area (Å²) in [6, 6.07) is 23.2. The molecule has 3 amide bonds. The predicted octanol–water partition coefficient (Wildman–Crippen LogP) is 3.59. The van der Waals surface area contributed by atoms with Crippen molar-refractivity contribution in [2.75, 3.05) is 24.2 Å². The summed E-state index contributed by atoms with van der Waals surface area (Å²) in [7, 11) is 1.56. The van der Waals surface area contributed by atoms with Crippen molar-refractivity contribution < 1.29 is 14.4 Å². The van der Waals surface area contributed by atoms with E-state index < -0.39 is 0 Å². The molecule has 0 radical (unpaired) electrons. The van der Waals surface area contributed by atoms with Gasteiger partial charge >= 0.3 is 0 Å². The second-order valence-electron chi connectivity index (χ2n) is 7.24. The van der Waals surface area contributed by atoms with Crippen LogP contribution >= 0.6 is 0 Å². The Morgan fingerprint density at radius 3 is 2.19 bits per heavy atom. The minimum Gasteiger partial charge on any atom is -0.376 e. The van der Waals surface area contributed by atoms with Crippen LogP contribution in [0.1, 0.15) is 39.2 Å². The first kappa shape index (κ1) is 22.6. The lowest BCUT2D eigenvalue weighted by Gasteiger charge is -2.14. The zero-order valence-corrected chi connectivity index (χ0v) is 18.0. The van der Waals surface area contributed by atoms with Gasteiger partial charge in [0.1, 0.15) is 0 Å². The fraction of sp³-hybridized carbons (Fsp3) is 0.160. The van der Waals surface area contributed by atoms with Crippen molar-refractivity contribution in [2.24, 2.45) is 0 Å². The largest absolute Gasteiger partial charge is 0.376 e. The minimum atomic E-state index is -0.245. The molecule has 0 fully saturated rings. The summed E-state index contributed by atoms with van der Waals surface area (Å²) in [5, 5.41) is 11.3. The van der Waals surface area contributed by atoms with Crippen molar-refractivity contribution in [1.29, 1.82) is 0 Å². The number of carbonyl (C=O) groups excluding carboxylic acids is 3. The highest BCUT2D eigenvalue weighted by molar-refractivity contribution is 5.97. The average molecular weight is 431 g/mol. The fourth-order valence-electron chi connectivity index (χ4n) is 3.11. The van der Waals surface area contributed by atoms with Gasteiger partial charge in [0, 0.05) is 29.5 Å². The molecule has 0 saturated carbocycles. The number of benzene rings is 3. The summed E-state index contributed by atoms with van der Waals surface area (Å²) in [6.07, 6.45) is 0. The molecule has 0 aliphatic heterocycles. The van der Waals surface area contributed by atoms with Gasteiger partial charge in [0.25, 0.3) is 11.8 Å². The van der Waals surface area contributed by atoms with Crippen LogP contribution < -0.4 is 21.3 Å². The van der Waals surface area contributed by atoms with E-state index in [1.54, 1.807) is 55.6 Å². The molecule has 164 valence electrons. The molecular weight excluding hydrogens is 404 g/mol. The maximum absolute atomic E-state index is 12.5. The van der Waals surface area contributed by atoms with Crippen molar-refractivity contribution in [3.05, 3.63) is 95.6 Å². The van der Waals surface area contributed by atoms with Crippen molar-refractivity contribution in [2.45, 2.75) is 13.0 Å². The van der Waals surface area contributed by atoms with E-state index >= 15 is 0 Å². The zero-order chi connectivity index (χ0) is 22.9. The minimum absolute atomic E-state index is 0.0357. The Balaban J connectivity index is 1.51. The maximum atomic E-state index is 12.5. The van der Waals surface area contributed by atoms with Crippen LogP contribution in [0.25, 0.3) is 0 Å². The number of nitrogens with one attached hydrogen (secondary N) is 4. The molecular formula is C25H26N4O3. The van der Waals surface area contributed by atoms with Crippen LogP contribution in [0.15, 0.2) is 78.9 Å². The van der Waals surface area contributed by atoms with E-state index in [1.165, 1.54) is 0 Å². The lowest BCUT2D eigenvalue weighted by molar-refractivity contribution is -0.114. The SMILES string of the molecule is CNC(=O)c1cccc(NCC(=O)Nc2ccc(C(=O)NC(C)c3ccccc3)cc2)c1. The average Bonchev–Trinajstić information content (AvgIpc) is 2.83. The molecule has 0 aliphatic carbocycles. The molecule has 0 saturated heterocycles. The number of amides is 3. The monoisotopic (exact) mass is 430 g/mol. The van der Waals surface area contributed by atoms with Crippen molar-refractivity contribution in [3.8, 4) is 0 Å². The first-order valence-corrected chi connectivity index (χ1v) is 10.3. The number of hydrogen-bond donors (Lipinski definition) is 4. The molecule has 3 aromatic rings. The lowest BCUT2D eigenvalue weighted by atomic mass is 10.1. The van der Waals surface area contributed by atoms with Gasteiger partial charge in [-0.3, -0.25) is 14.4 Å². The van der Waals surface area contributed by atoms with E-state index in [2.05, 4.69) is 21.3 Å². The zero-order valence-electron chi connectivity index (χ0n) is 18.0. The molecule has 3 aromatic carbocycles. The smallest absolute Gasteiger partial charge is 0.251 e. The fourth-order valence-corrected chi connectivity index (χ4v) is 3.11. The Hall–Kier alpha value is -4.13.